The molecule has 1 aromatic carbocycles. The minimum atomic E-state index is -1.23. The molecule has 22 heavy (non-hydrogen) atoms. The number of rotatable bonds is 8. The van der Waals surface area contributed by atoms with Gasteiger partial charge in [-0.15, -0.1) is 0 Å². The zero-order valence-electron chi connectivity index (χ0n) is 12.9. The molecule has 0 saturated heterocycles. The Morgan fingerprint density at radius 2 is 1.82 bits per heavy atom. The maximum Gasteiger partial charge on any atom is 0.331 e. The van der Waals surface area contributed by atoms with Crippen LogP contribution in [0.15, 0.2) is 24.3 Å². The quantitative estimate of drug-likeness (QED) is 0.676. The van der Waals surface area contributed by atoms with Gasteiger partial charge in [-0.05, 0) is 17.7 Å². The van der Waals surface area contributed by atoms with Crippen LogP contribution in [0.4, 0.5) is 0 Å². The predicted molar refractivity (Wildman–Crippen MR) is 78.4 cm³/mol. The summed E-state index contributed by atoms with van der Waals surface area (Å²) in [6, 6.07) is 5.34. The van der Waals surface area contributed by atoms with Crippen LogP contribution >= 0.6 is 0 Å². The van der Waals surface area contributed by atoms with Gasteiger partial charge >= 0.3 is 5.97 Å². The molecule has 0 fully saturated rings. The summed E-state index contributed by atoms with van der Waals surface area (Å²) in [5.41, 5.74) is 0.461. The van der Waals surface area contributed by atoms with E-state index in [-0.39, 0.29) is 13.0 Å². The van der Waals surface area contributed by atoms with Gasteiger partial charge < -0.3 is 24.6 Å². The van der Waals surface area contributed by atoms with Crippen LogP contribution in [0.5, 0.6) is 5.75 Å². The number of hydrogen-bond donors (Lipinski definition) is 2. The first-order valence-corrected chi connectivity index (χ1v) is 6.71. The summed E-state index contributed by atoms with van der Waals surface area (Å²) in [5, 5.41) is 12.8. The highest BCUT2D eigenvalue weighted by atomic mass is 16.5. The highest BCUT2D eigenvalue weighted by molar-refractivity contribution is 5.85. The van der Waals surface area contributed by atoms with Crippen molar-refractivity contribution in [2.45, 2.75) is 18.6 Å². The van der Waals surface area contributed by atoms with Gasteiger partial charge in [0, 0.05) is 13.5 Å². The fourth-order valence-corrected chi connectivity index (χ4v) is 1.83. The molecule has 1 amide bonds. The lowest BCUT2D eigenvalue weighted by molar-refractivity contribution is -0.148. The second kappa shape index (κ2) is 9.01. The molecule has 2 unspecified atom stereocenters. The van der Waals surface area contributed by atoms with E-state index in [0.29, 0.717) is 11.3 Å². The van der Waals surface area contributed by atoms with Crippen molar-refractivity contribution in [3.63, 3.8) is 0 Å². The summed E-state index contributed by atoms with van der Waals surface area (Å²) >= 11 is 0. The zero-order valence-corrected chi connectivity index (χ0v) is 12.9. The smallest absolute Gasteiger partial charge is 0.331 e. The van der Waals surface area contributed by atoms with Crippen molar-refractivity contribution >= 4 is 11.9 Å². The monoisotopic (exact) mass is 311 g/mol. The van der Waals surface area contributed by atoms with E-state index < -0.39 is 24.0 Å². The number of aliphatic hydroxyl groups is 1. The van der Waals surface area contributed by atoms with Crippen LogP contribution in [0.1, 0.15) is 18.1 Å². The molecule has 0 spiro atoms. The number of hydrogen-bond acceptors (Lipinski definition) is 6. The molecule has 0 aliphatic carbocycles. The highest BCUT2D eigenvalue weighted by Crippen LogP contribution is 2.21. The summed E-state index contributed by atoms with van der Waals surface area (Å²) in [6.07, 6.45) is -1.15. The van der Waals surface area contributed by atoms with Gasteiger partial charge in [0.1, 0.15) is 11.9 Å². The number of benzene rings is 1. The summed E-state index contributed by atoms with van der Waals surface area (Å²) in [7, 11) is 4.19. The van der Waals surface area contributed by atoms with E-state index in [1.54, 1.807) is 24.3 Å². The van der Waals surface area contributed by atoms with Gasteiger partial charge in [-0.3, -0.25) is 4.79 Å². The molecule has 0 aromatic heterocycles. The Hall–Kier alpha value is -2.12. The van der Waals surface area contributed by atoms with E-state index in [0.717, 1.165) is 0 Å². The number of methoxy groups -OCH3 is 3. The third-order valence-corrected chi connectivity index (χ3v) is 3.08. The molecule has 0 aliphatic heterocycles. The van der Waals surface area contributed by atoms with Crippen LogP contribution in [0.3, 0.4) is 0 Å². The maximum atomic E-state index is 11.8. The first-order chi connectivity index (χ1) is 10.5. The van der Waals surface area contributed by atoms with Gasteiger partial charge in [0.2, 0.25) is 5.91 Å². The molecule has 7 nitrogen and oxygen atoms in total. The Labute approximate surface area is 129 Å². The number of ether oxygens (including phenoxy) is 3. The summed E-state index contributed by atoms with van der Waals surface area (Å²) in [6.45, 7) is 0.221. The van der Waals surface area contributed by atoms with Crippen molar-refractivity contribution in [2.24, 2.45) is 0 Å². The molecule has 0 radical (unpaired) electrons. The van der Waals surface area contributed by atoms with Crippen molar-refractivity contribution in [1.29, 1.82) is 0 Å². The van der Waals surface area contributed by atoms with Gasteiger partial charge in [-0.25, -0.2) is 4.79 Å². The van der Waals surface area contributed by atoms with E-state index in [4.69, 9.17) is 9.47 Å². The molecule has 0 saturated carbocycles. The molecule has 0 bridgehead atoms. The predicted octanol–water partition coefficient (Wildman–Crippen LogP) is 0.423. The van der Waals surface area contributed by atoms with Gasteiger partial charge in [-0.2, -0.15) is 0 Å². The molecule has 1 aromatic rings. The molecule has 7 heteroatoms. The average molecular weight is 311 g/mol. The minimum absolute atomic E-state index is 0.0827. The summed E-state index contributed by atoms with van der Waals surface area (Å²) in [5.74, 6) is -0.520. The van der Waals surface area contributed by atoms with Crippen LogP contribution in [0.2, 0.25) is 0 Å². The maximum absolute atomic E-state index is 11.8. The van der Waals surface area contributed by atoms with Gasteiger partial charge in [-0.1, -0.05) is 12.1 Å². The van der Waals surface area contributed by atoms with Crippen molar-refractivity contribution in [3.8, 4) is 5.75 Å². The summed E-state index contributed by atoms with van der Waals surface area (Å²) in [4.78, 5) is 23.5. The largest absolute Gasteiger partial charge is 0.497 e. The number of aliphatic hydroxyl groups excluding tert-OH is 1. The second-order valence-electron chi connectivity index (χ2n) is 4.53. The normalized spacial score (nSPS) is 13.1. The van der Waals surface area contributed by atoms with Crippen molar-refractivity contribution in [3.05, 3.63) is 29.8 Å². The lowest BCUT2D eigenvalue weighted by Gasteiger charge is -2.22. The van der Waals surface area contributed by atoms with E-state index in [2.05, 4.69) is 10.1 Å². The van der Waals surface area contributed by atoms with Crippen LogP contribution in [-0.4, -0.2) is 51.0 Å². The molecule has 0 heterocycles. The Morgan fingerprint density at radius 1 is 1.18 bits per heavy atom. The number of esters is 1. The van der Waals surface area contributed by atoms with E-state index in [9.17, 15) is 14.7 Å². The van der Waals surface area contributed by atoms with Crippen LogP contribution in [0, 0.1) is 0 Å². The molecular weight excluding hydrogens is 290 g/mol. The van der Waals surface area contributed by atoms with Gasteiger partial charge in [0.15, 0.2) is 6.04 Å². The van der Waals surface area contributed by atoms with Crippen LogP contribution < -0.4 is 10.1 Å². The van der Waals surface area contributed by atoms with Crippen LogP contribution in [-0.2, 0) is 19.1 Å². The standard InChI is InChI=1S/C15H21NO6/c1-20-9-8-12(17)16-13(15(19)22-3)14(18)10-4-6-11(21-2)7-5-10/h4-7,13-14,18H,8-9H2,1-3H3,(H,16,17). The molecule has 2 atom stereocenters. The molecule has 122 valence electrons. The lowest BCUT2D eigenvalue weighted by atomic mass is 10.0. The van der Waals surface area contributed by atoms with E-state index in [1.807, 2.05) is 0 Å². The number of carbonyl (C=O) groups excluding carboxylic acids is 2. The summed E-state index contributed by atoms with van der Waals surface area (Å²) < 4.78 is 14.5. The number of carbonyl (C=O) groups is 2. The Kier molecular flexibility index (Phi) is 7.34. The third kappa shape index (κ3) is 5.01. The number of nitrogens with one attached hydrogen (secondary N) is 1. The third-order valence-electron chi connectivity index (χ3n) is 3.08. The van der Waals surface area contributed by atoms with Gasteiger partial charge in [0.25, 0.3) is 0 Å². The van der Waals surface area contributed by atoms with Crippen LogP contribution in [0.25, 0.3) is 0 Å². The molecule has 1 rings (SSSR count). The SMILES string of the molecule is COCCC(=O)NC(C(=O)OC)C(O)c1ccc(OC)cc1. The first-order valence-electron chi connectivity index (χ1n) is 6.71. The Bertz CT molecular complexity index is 487. The van der Waals surface area contributed by atoms with Gasteiger partial charge in [0.05, 0.1) is 20.8 Å². The highest BCUT2D eigenvalue weighted by Gasteiger charge is 2.30. The minimum Gasteiger partial charge on any atom is -0.497 e. The molecule has 0 aliphatic rings. The Morgan fingerprint density at radius 3 is 2.32 bits per heavy atom. The fourth-order valence-electron chi connectivity index (χ4n) is 1.83. The lowest BCUT2D eigenvalue weighted by Crippen LogP contribution is -2.45. The fraction of sp³-hybridized carbons (Fsp3) is 0.467. The topological polar surface area (TPSA) is 94.1 Å². The van der Waals surface area contributed by atoms with E-state index in [1.165, 1.54) is 21.3 Å². The Balaban J connectivity index is 2.85. The first kappa shape index (κ1) is 17.9. The zero-order chi connectivity index (χ0) is 16.5. The van der Waals surface area contributed by atoms with E-state index >= 15 is 0 Å². The second-order valence-corrected chi connectivity index (χ2v) is 4.53. The number of amides is 1. The average Bonchev–Trinajstić information content (AvgIpc) is 2.56. The molecular formula is C15H21NO6. The van der Waals surface area contributed by atoms with Crippen molar-refractivity contribution in [2.75, 3.05) is 27.9 Å². The van der Waals surface area contributed by atoms with Crippen molar-refractivity contribution in [1.82, 2.24) is 5.32 Å². The molecule has 2 N–H and O–H groups in total. The van der Waals surface area contributed by atoms with Crippen molar-refractivity contribution < 1.29 is 28.9 Å².